The normalized spacial score (nSPS) is 22.1. The number of hydrogen-bond donors (Lipinski definition) is 0. The third-order valence-electron chi connectivity index (χ3n) is 7.60. The van der Waals surface area contributed by atoms with Gasteiger partial charge in [-0.3, -0.25) is 0 Å². The van der Waals surface area contributed by atoms with Crippen molar-refractivity contribution in [3.8, 4) is 0 Å². The second-order valence-electron chi connectivity index (χ2n) is 10.8. The molecular formula is C36H40O7S. The van der Waals surface area contributed by atoms with Crippen LogP contribution in [0.25, 0.3) is 0 Å². The Hall–Kier alpha value is -3.37. The van der Waals surface area contributed by atoms with Gasteiger partial charge in [-0.1, -0.05) is 128 Å². The van der Waals surface area contributed by atoms with E-state index >= 15 is 0 Å². The second kappa shape index (κ2) is 16.1. The predicted octanol–water partition coefficient (Wildman–Crippen LogP) is 6.12. The van der Waals surface area contributed by atoms with Crippen LogP contribution >= 0.6 is 0 Å². The van der Waals surface area contributed by atoms with Crippen molar-refractivity contribution in [1.29, 1.82) is 0 Å². The van der Waals surface area contributed by atoms with Crippen LogP contribution in [0, 0.1) is 0 Å². The van der Waals surface area contributed by atoms with Gasteiger partial charge in [0.2, 0.25) is 0 Å². The van der Waals surface area contributed by atoms with Gasteiger partial charge in [0.25, 0.3) is 0 Å². The van der Waals surface area contributed by atoms with Crippen LogP contribution in [0.1, 0.15) is 29.2 Å². The molecule has 0 bridgehead atoms. The molecule has 8 heteroatoms. The molecule has 1 aliphatic rings. The van der Waals surface area contributed by atoms with Crippen LogP contribution in [-0.2, 0) is 59.9 Å². The van der Waals surface area contributed by atoms with E-state index in [1.807, 2.05) is 121 Å². The summed E-state index contributed by atoms with van der Waals surface area (Å²) >= 11 is 0. The molecule has 1 aliphatic heterocycles. The predicted molar refractivity (Wildman–Crippen MR) is 169 cm³/mol. The molecule has 0 unspecified atom stereocenters. The van der Waals surface area contributed by atoms with E-state index in [9.17, 15) is 8.42 Å². The molecule has 7 nitrogen and oxygen atoms in total. The van der Waals surface area contributed by atoms with Gasteiger partial charge in [0, 0.05) is 0 Å². The summed E-state index contributed by atoms with van der Waals surface area (Å²) in [6.07, 6.45) is -3.13. The molecule has 44 heavy (non-hydrogen) atoms. The Kier molecular flexibility index (Phi) is 11.7. The summed E-state index contributed by atoms with van der Waals surface area (Å²) in [4.78, 5) is 0. The highest BCUT2D eigenvalue weighted by molar-refractivity contribution is 7.91. The lowest BCUT2D eigenvalue weighted by molar-refractivity contribution is -0.256. The van der Waals surface area contributed by atoms with Gasteiger partial charge in [-0.05, 0) is 22.3 Å². The van der Waals surface area contributed by atoms with Crippen LogP contribution in [-0.4, -0.2) is 50.6 Å². The number of ether oxygens (including phenoxy) is 5. The van der Waals surface area contributed by atoms with E-state index in [2.05, 4.69) is 0 Å². The Bertz CT molecular complexity index is 1490. The van der Waals surface area contributed by atoms with Crippen LogP contribution < -0.4 is 0 Å². The SMILES string of the molecule is CCS(=O)(=O)[C@H]1O[C@H](COCc2ccccc2)[C@@H](OCc2ccccc2)[C@H](OCc2ccccc2)[C@H]1OCc1ccccc1. The summed E-state index contributed by atoms with van der Waals surface area (Å²) in [5.74, 6) is -0.110. The van der Waals surface area contributed by atoms with E-state index in [4.69, 9.17) is 23.7 Å². The van der Waals surface area contributed by atoms with E-state index in [-0.39, 0.29) is 32.2 Å². The summed E-state index contributed by atoms with van der Waals surface area (Å²) in [6.45, 7) is 2.80. The minimum absolute atomic E-state index is 0.110. The highest BCUT2D eigenvalue weighted by Crippen LogP contribution is 2.33. The first-order valence-corrected chi connectivity index (χ1v) is 16.7. The molecule has 0 amide bonds. The van der Waals surface area contributed by atoms with Crippen LogP contribution in [0.15, 0.2) is 121 Å². The zero-order valence-corrected chi connectivity index (χ0v) is 25.8. The Morgan fingerprint density at radius 3 is 1.36 bits per heavy atom. The molecule has 232 valence electrons. The van der Waals surface area contributed by atoms with Gasteiger partial charge in [-0.25, -0.2) is 8.42 Å². The molecule has 0 spiro atoms. The summed E-state index contributed by atoms with van der Waals surface area (Å²) in [7, 11) is -3.73. The standard InChI is InChI=1S/C36H40O7S/c1-2-44(37,38)36-35(42-26-31-21-13-6-14-22-31)34(41-25-30-19-11-5-12-20-30)33(40-24-29-17-9-4-10-18-29)32(43-36)27-39-23-28-15-7-3-8-16-28/h3-22,32-36H,2,23-27H2,1H3/t32-,33-,34+,35-,36-/m1/s1. The molecule has 1 saturated heterocycles. The molecule has 0 aliphatic carbocycles. The number of sulfone groups is 1. The van der Waals surface area contributed by atoms with Crippen molar-refractivity contribution in [3.63, 3.8) is 0 Å². The van der Waals surface area contributed by atoms with Crippen molar-refractivity contribution in [2.24, 2.45) is 0 Å². The number of hydrogen-bond acceptors (Lipinski definition) is 7. The maximum absolute atomic E-state index is 13.6. The molecule has 5 rings (SSSR count). The van der Waals surface area contributed by atoms with Crippen LogP contribution in [0.2, 0.25) is 0 Å². The van der Waals surface area contributed by atoms with Crippen LogP contribution in [0.5, 0.6) is 0 Å². The zero-order valence-electron chi connectivity index (χ0n) is 24.9. The van der Waals surface area contributed by atoms with Gasteiger partial charge >= 0.3 is 0 Å². The van der Waals surface area contributed by atoms with Crippen molar-refractivity contribution in [2.75, 3.05) is 12.4 Å². The molecule has 0 radical (unpaired) electrons. The molecule has 4 aromatic rings. The number of rotatable bonds is 15. The zero-order chi connectivity index (χ0) is 30.6. The molecule has 0 saturated carbocycles. The van der Waals surface area contributed by atoms with E-state index in [0.717, 1.165) is 22.3 Å². The fourth-order valence-electron chi connectivity index (χ4n) is 5.20. The van der Waals surface area contributed by atoms with Gasteiger partial charge in [0.1, 0.15) is 24.4 Å². The summed E-state index contributed by atoms with van der Waals surface area (Å²) < 4.78 is 59.3. The first-order valence-electron chi connectivity index (χ1n) is 15.0. The Labute approximate surface area is 260 Å². The lowest BCUT2D eigenvalue weighted by atomic mass is 9.98. The maximum Gasteiger partial charge on any atom is 0.187 e. The maximum atomic E-state index is 13.6. The lowest BCUT2D eigenvalue weighted by Gasteiger charge is -2.45. The first kappa shape index (κ1) is 32.0. The minimum Gasteiger partial charge on any atom is -0.374 e. The molecule has 1 heterocycles. The average Bonchev–Trinajstić information content (AvgIpc) is 3.07. The Morgan fingerprint density at radius 2 is 0.932 bits per heavy atom. The quantitative estimate of drug-likeness (QED) is 0.159. The Balaban J connectivity index is 1.47. The molecule has 4 aromatic carbocycles. The van der Waals surface area contributed by atoms with Crippen molar-refractivity contribution < 1.29 is 32.1 Å². The van der Waals surface area contributed by atoms with E-state index in [0.29, 0.717) is 6.61 Å². The highest BCUT2D eigenvalue weighted by Gasteiger charge is 2.52. The monoisotopic (exact) mass is 616 g/mol. The van der Waals surface area contributed by atoms with E-state index in [1.165, 1.54) is 0 Å². The van der Waals surface area contributed by atoms with Crippen molar-refractivity contribution in [1.82, 2.24) is 0 Å². The third-order valence-corrected chi connectivity index (χ3v) is 9.49. The van der Waals surface area contributed by atoms with Crippen LogP contribution in [0.4, 0.5) is 0 Å². The Morgan fingerprint density at radius 1 is 0.545 bits per heavy atom. The van der Waals surface area contributed by atoms with Gasteiger partial charge in [-0.2, -0.15) is 0 Å². The van der Waals surface area contributed by atoms with Gasteiger partial charge < -0.3 is 23.7 Å². The smallest absolute Gasteiger partial charge is 0.187 e. The largest absolute Gasteiger partial charge is 0.374 e. The summed E-state index contributed by atoms with van der Waals surface area (Å²) in [6, 6.07) is 39.1. The first-order chi connectivity index (χ1) is 21.5. The second-order valence-corrected chi connectivity index (χ2v) is 13.1. The average molecular weight is 617 g/mol. The van der Waals surface area contributed by atoms with E-state index in [1.54, 1.807) is 6.92 Å². The molecule has 0 N–H and O–H groups in total. The van der Waals surface area contributed by atoms with Gasteiger partial charge in [-0.15, -0.1) is 0 Å². The van der Waals surface area contributed by atoms with Crippen molar-refractivity contribution >= 4 is 9.84 Å². The topological polar surface area (TPSA) is 80.3 Å². The molecule has 1 fully saturated rings. The minimum atomic E-state index is -3.73. The lowest BCUT2D eigenvalue weighted by Crippen LogP contribution is -2.63. The summed E-state index contributed by atoms with van der Waals surface area (Å²) in [5.41, 5.74) is 2.58. The van der Waals surface area contributed by atoms with Crippen molar-refractivity contribution in [2.45, 2.75) is 63.2 Å². The van der Waals surface area contributed by atoms with Crippen LogP contribution in [0.3, 0.4) is 0 Å². The fourth-order valence-corrected chi connectivity index (χ4v) is 6.48. The van der Waals surface area contributed by atoms with Gasteiger partial charge in [0.15, 0.2) is 15.3 Å². The van der Waals surface area contributed by atoms with Gasteiger partial charge in [0.05, 0.1) is 38.8 Å². The van der Waals surface area contributed by atoms with Crippen molar-refractivity contribution in [3.05, 3.63) is 144 Å². The fraction of sp³-hybridized carbons (Fsp3) is 0.333. The third kappa shape index (κ3) is 8.85. The molecule has 5 atom stereocenters. The molecular weight excluding hydrogens is 576 g/mol. The highest BCUT2D eigenvalue weighted by atomic mass is 32.2. The summed E-state index contributed by atoms with van der Waals surface area (Å²) in [5, 5.41) is 0. The molecule has 0 aromatic heterocycles. The number of benzene rings is 4. The van der Waals surface area contributed by atoms with E-state index < -0.39 is 39.7 Å².